The van der Waals surface area contributed by atoms with Crippen LogP contribution in [0.5, 0.6) is 5.75 Å². The number of carbonyl (C=O) groups is 2. The summed E-state index contributed by atoms with van der Waals surface area (Å²) in [5, 5.41) is 0. The molecule has 2 aliphatic heterocycles. The molecule has 2 heterocycles. The minimum absolute atomic E-state index is 0.0514. The van der Waals surface area contributed by atoms with Gasteiger partial charge in [0.05, 0.1) is 25.4 Å². The number of morpholine rings is 1. The Balaban J connectivity index is 1.65. The van der Waals surface area contributed by atoms with Gasteiger partial charge in [0.1, 0.15) is 17.4 Å². The van der Waals surface area contributed by atoms with Gasteiger partial charge in [-0.3, -0.25) is 9.59 Å². The van der Waals surface area contributed by atoms with Crippen LogP contribution in [0, 0.1) is 11.6 Å². The van der Waals surface area contributed by atoms with Crippen LogP contribution in [0.4, 0.5) is 14.5 Å². The second kappa shape index (κ2) is 7.55. The second-order valence-electron chi connectivity index (χ2n) is 6.59. The fraction of sp³-hybridized carbons (Fsp3) is 0.300. The molecule has 0 radical (unpaired) electrons. The highest BCUT2D eigenvalue weighted by molar-refractivity contribution is 6.07. The molecule has 4 rings (SSSR count). The first-order valence-corrected chi connectivity index (χ1v) is 8.93. The molecule has 2 aliphatic rings. The first kappa shape index (κ1) is 18.4. The van der Waals surface area contributed by atoms with E-state index in [1.807, 2.05) is 0 Å². The quantitative estimate of drug-likeness (QED) is 0.792. The van der Waals surface area contributed by atoms with Gasteiger partial charge < -0.3 is 19.3 Å². The van der Waals surface area contributed by atoms with Crippen molar-refractivity contribution < 1.29 is 27.8 Å². The molecule has 0 aliphatic carbocycles. The summed E-state index contributed by atoms with van der Waals surface area (Å²) in [5.41, 5.74) is 0.315. The molecule has 0 unspecified atom stereocenters. The third-order valence-electron chi connectivity index (χ3n) is 4.73. The van der Waals surface area contributed by atoms with E-state index in [0.717, 1.165) is 12.1 Å². The van der Waals surface area contributed by atoms with E-state index in [2.05, 4.69) is 0 Å². The summed E-state index contributed by atoms with van der Waals surface area (Å²) in [6, 6.07) is 9.42. The van der Waals surface area contributed by atoms with Crippen LogP contribution in [0.15, 0.2) is 42.5 Å². The molecule has 0 aromatic heterocycles. The molecule has 1 fully saturated rings. The molecule has 2 amide bonds. The zero-order chi connectivity index (χ0) is 19.7. The molecule has 2 aromatic carbocycles. The number of fused-ring (bicyclic) bond motifs is 1. The SMILES string of the molecule is O=C([C@H]1CN(C(=O)c2cc(F)cc(F)c2)c2ccccc2O1)N1CCOCC1. The monoisotopic (exact) mass is 388 g/mol. The maximum atomic E-state index is 13.6. The van der Waals surface area contributed by atoms with Crippen molar-refractivity contribution in [2.75, 3.05) is 37.7 Å². The fourth-order valence-electron chi connectivity index (χ4n) is 3.38. The molecular weight excluding hydrogens is 370 g/mol. The van der Waals surface area contributed by atoms with Crippen LogP contribution in [0.2, 0.25) is 0 Å². The third kappa shape index (κ3) is 3.55. The predicted molar refractivity (Wildman–Crippen MR) is 96.3 cm³/mol. The van der Waals surface area contributed by atoms with E-state index in [9.17, 15) is 18.4 Å². The van der Waals surface area contributed by atoms with Crippen molar-refractivity contribution in [1.29, 1.82) is 0 Å². The molecule has 6 nitrogen and oxygen atoms in total. The normalized spacial score (nSPS) is 19.0. The maximum Gasteiger partial charge on any atom is 0.265 e. The Morgan fingerprint density at radius 1 is 1.00 bits per heavy atom. The first-order valence-electron chi connectivity index (χ1n) is 8.93. The topological polar surface area (TPSA) is 59.1 Å². The standard InChI is InChI=1S/C20H18F2N2O4/c21-14-9-13(10-15(22)11-14)19(25)24-12-18(20(26)23-5-7-27-8-6-23)28-17-4-2-1-3-16(17)24/h1-4,9-11,18H,5-8,12H2/t18-/m1/s1. The number of para-hydroxylation sites is 2. The molecule has 2 aromatic rings. The van der Waals surface area contributed by atoms with Gasteiger partial charge in [0, 0.05) is 24.7 Å². The van der Waals surface area contributed by atoms with Gasteiger partial charge >= 0.3 is 0 Å². The Morgan fingerprint density at radius 2 is 1.68 bits per heavy atom. The Bertz CT molecular complexity index is 895. The van der Waals surface area contributed by atoms with Crippen LogP contribution in [0.3, 0.4) is 0 Å². The average Bonchev–Trinajstić information content (AvgIpc) is 2.71. The van der Waals surface area contributed by atoms with E-state index in [1.54, 1.807) is 29.2 Å². The summed E-state index contributed by atoms with van der Waals surface area (Å²) in [6.45, 7) is 1.73. The van der Waals surface area contributed by atoms with Gasteiger partial charge in [-0.05, 0) is 24.3 Å². The number of hydrogen-bond donors (Lipinski definition) is 0. The zero-order valence-corrected chi connectivity index (χ0v) is 14.9. The van der Waals surface area contributed by atoms with Crippen LogP contribution >= 0.6 is 0 Å². The Labute approximate surface area is 160 Å². The second-order valence-corrected chi connectivity index (χ2v) is 6.59. The van der Waals surface area contributed by atoms with Gasteiger partial charge in [-0.2, -0.15) is 0 Å². The number of anilines is 1. The Hall–Kier alpha value is -3.00. The zero-order valence-electron chi connectivity index (χ0n) is 14.9. The van der Waals surface area contributed by atoms with Crippen molar-refractivity contribution in [3.05, 3.63) is 59.7 Å². The highest BCUT2D eigenvalue weighted by atomic mass is 19.1. The van der Waals surface area contributed by atoms with E-state index in [4.69, 9.17) is 9.47 Å². The molecular formula is C20H18F2N2O4. The van der Waals surface area contributed by atoms with Crippen LogP contribution in [-0.4, -0.2) is 55.7 Å². The molecule has 28 heavy (non-hydrogen) atoms. The Morgan fingerprint density at radius 3 is 2.39 bits per heavy atom. The van der Waals surface area contributed by atoms with Crippen molar-refractivity contribution in [2.45, 2.75) is 6.10 Å². The molecule has 0 N–H and O–H groups in total. The highest BCUT2D eigenvalue weighted by Gasteiger charge is 2.36. The molecule has 0 spiro atoms. The summed E-state index contributed by atoms with van der Waals surface area (Å²) in [4.78, 5) is 28.8. The highest BCUT2D eigenvalue weighted by Crippen LogP contribution is 2.34. The minimum atomic E-state index is -0.907. The number of carbonyl (C=O) groups excluding carboxylic acids is 2. The van der Waals surface area contributed by atoms with Crippen molar-refractivity contribution >= 4 is 17.5 Å². The number of benzene rings is 2. The first-order chi connectivity index (χ1) is 13.5. The number of amides is 2. The fourth-order valence-corrected chi connectivity index (χ4v) is 3.38. The Kier molecular flexibility index (Phi) is 4.95. The maximum absolute atomic E-state index is 13.6. The number of nitrogens with zero attached hydrogens (tertiary/aromatic N) is 2. The van der Waals surface area contributed by atoms with Gasteiger partial charge in [-0.1, -0.05) is 12.1 Å². The summed E-state index contributed by atoms with van der Waals surface area (Å²) >= 11 is 0. The van der Waals surface area contributed by atoms with Gasteiger partial charge in [0.2, 0.25) is 0 Å². The van der Waals surface area contributed by atoms with E-state index < -0.39 is 23.6 Å². The molecule has 1 saturated heterocycles. The lowest BCUT2D eigenvalue weighted by molar-refractivity contribution is -0.142. The number of rotatable bonds is 2. The van der Waals surface area contributed by atoms with E-state index in [1.165, 1.54) is 4.90 Å². The molecule has 146 valence electrons. The summed E-state index contributed by atoms with van der Waals surface area (Å²) in [6.07, 6.45) is -0.907. The lowest BCUT2D eigenvalue weighted by atomic mass is 10.1. The largest absolute Gasteiger partial charge is 0.476 e. The van der Waals surface area contributed by atoms with Gasteiger partial charge in [-0.15, -0.1) is 0 Å². The van der Waals surface area contributed by atoms with Gasteiger partial charge in [-0.25, -0.2) is 8.78 Å². The summed E-state index contributed by atoms with van der Waals surface area (Å²) in [5.74, 6) is -2.17. The van der Waals surface area contributed by atoms with Gasteiger partial charge in [0.15, 0.2) is 6.10 Å². The smallest absolute Gasteiger partial charge is 0.265 e. The number of hydrogen-bond acceptors (Lipinski definition) is 4. The van der Waals surface area contributed by atoms with Crippen LogP contribution < -0.4 is 9.64 Å². The van der Waals surface area contributed by atoms with Crippen molar-refractivity contribution in [3.8, 4) is 5.75 Å². The van der Waals surface area contributed by atoms with Crippen LogP contribution in [0.1, 0.15) is 10.4 Å². The van der Waals surface area contributed by atoms with Crippen LogP contribution in [-0.2, 0) is 9.53 Å². The molecule has 8 heteroatoms. The lowest BCUT2D eigenvalue weighted by Crippen LogP contribution is -2.54. The van der Waals surface area contributed by atoms with Crippen LogP contribution in [0.25, 0.3) is 0 Å². The molecule has 0 bridgehead atoms. The van der Waals surface area contributed by atoms with E-state index >= 15 is 0 Å². The van der Waals surface area contributed by atoms with Crippen molar-refractivity contribution in [3.63, 3.8) is 0 Å². The molecule has 1 atom stereocenters. The minimum Gasteiger partial charge on any atom is -0.476 e. The summed E-state index contributed by atoms with van der Waals surface area (Å²) in [7, 11) is 0. The lowest BCUT2D eigenvalue weighted by Gasteiger charge is -2.37. The third-order valence-corrected chi connectivity index (χ3v) is 4.73. The number of ether oxygens (including phenoxy) is 2. The van der Waals surface area contributed by atoms with E-state index in [0.29, 0.717) is 43.8 Å². The van der Waals surface area contributed by atoms with Crippen molar-refractivity contribution in [2.24, 2.45) is 0 Å². The van der Waals surface area contributed by atoms with Gasteiger partial charge in [0.25, 0.3) is 11.8 Å². The van der Waals surface area contributed by atoms with E-state index in [-0.39, 0.29) is 18.0 Å². The number of halogens is 2. The predicted octanol–water partition coefficient (Wildman–Crippen LogP) is 2.23. The summed E-state index contributed by atoms with van der Waals surface area (Å²) < 4.78 is 38.3. The average molecular weight is 388 g/mol. The van der Waals surface area contributed by atoms with Crippen molar-refractivity contribution in [1.82, 2.24) is 4.90 Å². The molecule has 0 saturated carbocycles.